The van der Waals surface area contributed by atoms with E-state index in [0.29, 0.717) is 17.2 Å². The molecule has 1 aromatic rings. The van der Waals surface area contributed by atoms with Crippen molar-refractivity contribution < 1.29 is 14.6 Å². The van der Waals surface area contributed by atoms with Crippen molar-refractivity contribution in [2.45, 2.75) is 33.1 Å². The number of ether oxygens (including phenoxy) is 1. The fraction of sp³-hybridized carbons (Fsp3) is 0.533. The number of amides is 1. The van der Waals surface area contributed by atoms with Gasteiger partial charge in [0.15, 0.2) is 0 Å². The van der Waals surface area contributed by atoms with Crippen LogP contribution in [0.15, 0.2) is 18.2 Å². The van der Waals surface area contributed by atoms with Gasteiger partial charge < -0.3 is 15.6 Å². The maximum atomic E-state index is 11.5. The van der Waals surface area contributed by atoms with Crippen molar-refractivity contribution >= 4 is 5.91 Å². The summed E-state index contributed by atoms with van der Waals surface area (Å²) in [6.45, 7) is 4.50. The number of benzene rings is 1. The molecule has 0 spiro atoms. The molecule has 106 valence electrons. The summed E-state index contributed by atoms with van der Waals surface area (Å²) in [4.78, 5) is 11.5. The molecular weight excluding hydrogens is 242 g/mol. The number of rotatable bonds is 8. The van der Waals surface area contributed by atoms with Crippen LogP contribution < -0.4 is 10.5 Å². The van der Waals surface area contributed by atoms with Crippen molar-refractivity contribution in [2.24, 2.45) is 11.7 Å². The predicted octanol–water partition coefficient (Wildman–Crippen LogP) is 2.14. The third kappa shape index (κ3) is 4.56. The average Bonchev–Trinajstić information content (AvgIpc) is 2.42. The van der Waals surface area contributed by atoms with Crippen LogP contribution in [0.25, 0.3) is 0 Å². The molecule has 3 N–H and O–H groups in total. The Kier molecular flexibility index (Phi) is 6.36. The Morgan fingerprint density at radius 2 is 2.21 bits per heavy atom. The van der Waals surface area contributed by atoms with Gasteiger partial charge in [0, 0.05) is 11.1 Å². The number of primary amides is 1. The lowest BCUT2D eigenvalue weighted by Crippen LogP contribution is -2.15. The molecule has 4 heteroatoms. The first-order chi connectivity index (χ1) is 9.10. The van der Waals surface area contributed by atoms with Crippen LogP contribution in [0, 0.1) is 5.92 Å². The van der Waals surface area contributed by atoms with E-state index in [1.54, 1.807) is 12.1 Å². The fourth-order valence-corrected chi connectivity index (χ4v) is 1.94. The third-order valence-corrected chi connectivity index (χ3v) is 3.33. The number of nitrogens with two attached hydrogens (primary N) is 1. The lowest BCUT2D eigenvalue weighted by molar-refractivity contribution is 0.0998. The number of aliphatic hydroxyl groups excluding tert-OH is 1. The fourth-order valence-electron chi connectivity index (χ4n) is 1.94. The average molecular weight is 265 g/mol. The highest BCUT2D eigenvalue weighted by molar-refractivity contribution is 5.95. The van der Waals surface area contributed by atoms with Crippen LogP contribution in [0.3, 0.4) is 0 Å². The van der Waals surface area contributed by atoms with Crippen molar-refractivity contribution in [3.63, 3.8) is 0 Å². The molecular formula is C15H23NO3. The van der Waals surface area contributed by atoms with Gasteiger partial charge in [-0.25, -0.2) is 0 Å². The first-order valence-electron chi connectivity index (χ1n) is 6.75. The summed E-state index contributed by atoms with van der Waals surface area (Å²) < 4.78 is 5.49. The van der Waals surface area contributed by atoms with Crippen LogP contribution in [0.5, 0.6) is 5.75 Å². The zero-order valence-electron chi connectivity index (χ0n) is 11.7. The molecule has 0 aliphatic rings. The Bertz CT molecular complexity index is 418. The first kappa shape index (κ1) is 15.5. The minimum Gasteiger partial charge on any atom is -0.491 e. The Balaban J connectivity index is 2.96. The highest BCUT2D eigenvalue weighted by atomic mass is 16.5. The summed E-state index contributed by atoms with van der Waals surface area (Å²) in [7, 11) is 0. The summed E-state index contributed by atoms with van der Waals surface area (Å²) in [5.74, 6) is 0.800. The molecule has 0 aromatic heterocycles. The molecule has 0 aliphatic carbocycles. The molecule has 1 aromatic carbocycles. The molecule has 1 unspecified atom stereocenters. The molecule has 1 atom stereocenters. The zero-order chi connectivity index (χ0) is 14.3. The Labute approximate surface area is 114 Å². The van der Waals surface area contributed by atoms with Crippen LogP contribution in [0.2, 0.25) is 0 Å². The van der Waals surface area contributed by atoms with Gasteiger partial charge in [0.25, 0.3) is 0 Å². The van der Waals surface area contributed by atoms with Gasteiger partial charge in [-0.3, -0.25) is 4.79 Å². The Morgan fingerprint density at radius 3 is 2.79 bits per heavy atom. The number of aliphatic hydroxyl groups is 1. The maximum absolute atomic E-state index is 11.5. The van der Waals surface area contributed by atoms with E-state index in [1.165, 1.54) is 0 Å². The Morgan fingerprint density at radius 1 is 1.47 bits per heavy atom. The van der Waals surface area contributed by atoms with E-state index in [2.05, 4.69) is 13.8 Å². The number of carbonyl (C=O) groups excluding carboxylic acids is 1. The van der Waals surface area contributed by atoms with Crippen molar-refractivity contribution in [1.82, 2.24) is 0 Å². The van der Waals surface area contributed by atoms with E-state index in [-0.39, 0.29) is 13.2 Å². The van der Waals surface area contributed by atoms with Crippen LogP contribution in [0.4, 0.5) is 0 Å². The molecule has 1 rings (SSSR count). The highest BCUT2D eigenvalue weighted by Gasteiger charge is 2.14. The molecule has 0 radical (unpaired) electrons. The molecule has 0 saturated heterocycles. The van der Waals surface area contributed by atoms with E-state index in [1.807, 2.05) is 6.07 Å². The monoisotopic (exact) mass is 265 g/mol. The summed E-state index contributed by atoms with van der Waals surface area (Å²) in [6, 6.07) is 5.29. The molecule has 4 nitrogen and oxygen atoms in total. The van der Waals surface area contributed by atoms with E-state index in [9.17, 15) is 4.79 Å². The maximum Gasteiger partial charge on any atom is 0.249 e. The Hall–Kier alpha value is -1.55. The van der Waals surface area contributed by atoms with Gasteiger partial charge in [-0.2, -0.15) is 0 Å². The van der Waals surface area contributed by atoms with Gasteiger partial charge in [-0.1, -0.05) is 26.3 Å². The molecule has 19 heavy (non-hydrogen) atoms. The predicted molar refractivity (Wildman–Crippen MR) is 75.3 cm³/mol. The summed E-state index contributed by atoms with van der Waals surface area (Å²) >= 11 is 0. The second kappa shape index (κ2) is 7.79. The number of hydrogen-bond donors (Lipinski definition) is 2. The molecule has 0 aliphatic heterocycles. The molecule has 0 heterocycles. The topological polar surface area (TPSA) is 72.6 Å². The first-order valence-corrected chi connectivity index (χ1v) is 6.75. The molecule has 0 fully saturated rings. The van der Waals surface area contributed by atoms with Crippen LogP contribution >= 0.6 is 0 Å². The minimum atomic E-state index is -0.436. The quantitative estimate of drug-likeness (QED) is 0.756. The van der Waals surface area contributed by atoms with E-state index >= 15 is 0 Å². The second-order valence-corrected chi connectivity index (χ2v) is 4.77. The van der Waals surface area contributed by atoms with Gasteiger partial charge in [-0.15, -0.1) is 0 Å². The van der Waals surface area contributed by atoms with Gasteiger partial charge >= 0.3 is 0 Å². The smallest absolute Gasteiger partial charge is 0.249 e. The van der Waals surface area contributed by atoms with Gasteiger partial charge in [-0.05, 0) is 30.9 Å². The van der Waals surface area contributed by atoms with Crippen LogP contribution in [0.1, 0.15) is 42.6 Å². The van der Waals surface area contributed by atoms with Crippen molar-refractivity contribution in [1.29, 1.82) is 0 Å². The second-order valence-electron chi connectivity index (χ2n) is 4.77. The zero-order valence-corrected chi connectivity index (χ0v) is 11.7. The van der Waals surface area contributed by atoms with Gasteiger partial charge in [0.05, 0.1) is 6.61 Å². The molecule has 1 amide bonds. The largest absolute Gasteiger partial charge is 0.491 e. The van der Waals surface area contributed by atoms with Crippen molar-refractivity contribution in [2.75, 3.05) is 13.2 Å². The summed E-state index contributed by atoms with van der Waals surface area (Å²) in [5.41, 5.74) is 6.77. The lowest BCUT2D eigenvalue weighted by Gasteiger charge is -2.15. The van der Waals surface area contributed by atoms with E-state index in [4.69, 9.17) is 15.6 Å². The van der Waals surface area contributed by atoms with Crippen LogP contribution in [-0.2, 0) is 6.42 Å². The normalized spacial score (nSPS) is 12.2. The number of hydrogen-bond acceptors (Lipinski definition) is 3. The summed E-state index contributed by atoms with van der Waals surface area (Å²) in [5, 5.41) is 8.84. The van der Waals surface area contributed by atoms with Gasteiger partial charge in [0.1, 0.15) is 12.4 Å². The van der Waals surface area contributed by atoms with Crippen molar-refractivity contribution in [3.05, 3.63) is 29.3 Å². The van der Waals surface area contributed by atoms with E-state index < -0.39 is 5.91 Å². The van der Waals surface area contributed by atoms with Crippen LogP contribution in [-0.4, -0.2) is 24.2 Å². The third-order valence-electron chi connectivity index (χ3n) is 3.33. The lowest BCUT2D eigenvalue weighted by atomic mass is 9.95. The standard InChI is InChI=1S/C15H23NO3/c1-3-11(2)7-8-12-13(15(16)18)5-4-6-14(12)19-10-9-17/h4-6,11,17H,3,7-10H2,1-2H3,(H2,16,18). The summed E-state index contributed by atoms with van der Waals surface area (Å²) in [6.07, 6.45) is 2.84. The minimum absolute atomic E-state index is 0.0500. The highest BCUT2D eigenvalue weighted by Crippen LogP contribution is 2.25. The van der Waals surface area contributed by atoms with Gasteiger partial charge in [0.2, 0.25) is 5.91 Å². The molecule has 0 saturated carbocycles. The van der Waals surface area contributed by atoms with Crippen molar-refractivity contribution in [3.8, 4) is 5.75 Å². The number of carbonyl (C=O) groups is 1. The SMILES string of the molecule is CCC(C)CCc1c(OCCO)cccc1C(N)=O. The molecule has 0 bridgehead atoms. The van der Waals surface area contributed by atoms with E-state index in [0.717, 1.165) is 24.8 Å².